The third-order valence-corrected chi connectivity index (χ3v) is 7.49. The summed E-state index contributed by atoms with van der Waals surface area (Å²) >= 11 is 0. The Bertz CT molecular complexity index is 1190. The van der Waals surface area contributed by atoms with E-state index in [1.165, 1.54) is 4.31 Å². The fourth-order valence-corrected chi connectivity index (χ4v) is 5.52. The van der Waals surface area contributed by atoms with Crippen molar-refractivity contribution in [2.45, 2.75) is 38.5 Å². The number of piperidine rings is 1. The SMILES string of the molecule is Cc1nc(-c2ccccc2NC(=O)C2CCN(S(=O)(=O)c3c(C)noc3C)CC2)no1. The largest absolute Gasteiger partial charge is 0.360 e. The minimum atomic E-state index is -3.71. The van der Waals surface area contributed by atoms with Crippen molar-refractivity contribution in [3.05, 3.63) is 41.6 Å². The number of para-hydroxylation sites is 1. The van der Waals surface area contributed by atoms with Gasteiger partial charge in [0, 0.05) is 31.5 Å². The van der Waals surface area contributed by atoms with Gasteiger partial charge in [0.2, 0.25) is 27.6 Å². The monoisotopic (exact) mass is 445 g/mol. The van der Waals surface area contributed by atoms with Crippen LogP contribution in [0.15, 0.2) is 38.2 Å². The number of nitrogens with zero attached hydrogens (tertiary/aromatic N) is 4. The molecule has 0 atom stereocenters. The molecule has 3 heterocycles. The maximum absolute atomic E-state index is 13.0. The van der Waals surface area contributed by atoms with Crippen LogP contribution in [0, 0.1) is 26.7 Å². The molecule has 31 heavy (non-hydrogen) atoms. The minimum Gasteiger partial charge on any atom is -0.360 e. The second-order valence-electron chi connectivity index (χ2n) is 7.50. The first-order chi connectivity index (χ1) is 14.8. The molecule has 10 nitrogen and oxygen atoms in total. The first-order valence-electron chi connectivity index (χ1n) is 9.91. The van der Waals surface area contributed by atoms with Gasteiger partial charge in [-0.05, 0) is 38.8 Å². The number of rotatable bonds is 5. The zero-order chi connectivity index (χ0) is 22.2. The van der Waals surface area contributed by atoms with Crippen LogP contribution in [0.1, 0.15) is 30.2 Å². The number of aromatic nitrogens is 3. The number of carbonyl (C=O) groups excluding carboxylic acids is 1. The molecule has 1 aromatic carbocycles. The molecule has 0 unspecified atom stereocenters. The van der Waals surface area contributed by atoms with Crippen LogP contribution in [0.25, 0.3) is 11.4 Å². The van der Waals surface area contributed by atoms with E-state index in [2.05, 4.69) is 20.6 Å². The lowest BCUT2D eigenvalue weighted by Crippen LogP contribution is -2.41. The molecule has 0 radical (unpaired) electrons. The van der Waals surface area contributed by atoms with E-state index in [4.69, 9.17) is 9.05 Å². The molecule has 0 bridgehead atoms. The number of hydrogen-bond donors (Lipinski definition) is 1. The van der Waals surface area contributed by atoms with Gasteiger partial charge in [0.25, 0.3) is 0 Å². The second kappa shape index (κ2) is 8.23. The van der Waals surface area contributed by atoms with Crippen LogP contribution < -0.4 is 5.32 Å². The molecule has 1 N–H and O–H groups in total. The molecule has 4 rings (SSSR count). The normalized spacial score (nSPS) is 15.8. The Labute approximate surface area is 179 Å². The summed E-state index contributed by atoms with van der Waals surface area (Å²) in [6.07, 6.45) is 0.829. The fraction of sp³-hybridized carbons (Fsp3) is 0.400. The number of carbonyl (C=O) groups is 1. The first-order valence-corrected chi connectivity index (χ1v) is 11.3. The number of nitrogens with one attached hydrogen (secondary N) is 1. The molecule has 11 heteroatoms. The standard InChI is InChI=1S/C20H23N5O5S/c1-12-18(13(2)29-23-12)31(27,28)25-10-8-15(9-11-25)20(26)22-17-7-5-4-6-16(17)19-21-14(3)30-24-19/h4-7,15H,8-11H2,1-3H3,(H,22,26). The van der Waals surface area contributed by atoms with Gasteiger partial charge in [-0.15, -0.1) is 0 Å². The predicted octanol–water partition coefficient (Wildman–Crippen LogP) is 2.69. The molecule has 3 aromatic rings. The van der Waals surface area contributed by atoms with Crippen molar-refractivity contribution in [2.24, 2.45) is 5.92 Å². The van der Waals surface area contributed by atoms with Gasteiger partial charge < -0.3 is 14.4 Å². The smallest absolute Gasteiger partial charge is 0.248 e. The maximum atomic E-state index is 13.0. The number of amides is 1. The number of benzene rings is 1. The molecular weight excluding hydrogens is 422 g/mol. The van der Waals surface area contributed by atoms with E-state index in [1.807, 2.05) is 12.1 Å². The predicted molar refractivity (Wildman–Crippen MR) is 111 cm³/mol. The molecule has 0 saturated carbocycles. The van der Waals surface area contributed by atoms with Crippen molar-refractivity contribution in [2.75, 3.05) is 18.4 Å². The molecule has 164 valence electrons. The summed E-state index contributed by atoms with van der Waals surface area (Å²) in [6.45, 7) is 5.37. The van der Waals surface area contributed by atoms with E-state index in [0.29, 0.717) is 41.5 Å². The van der Waals surface area contributed by atoms with E-state index in [0.717, 1.165) is 0 Å². The summed E-state index contributed by atoms with van der Waals surface area (Å²) in [6, 6.07) is 7.22. The third-order valence-electron chi connectivity index (χ3n) is 5.34. The molecule has 1 aliphatic rings. The number of anilines is 1. The highest BCUT2D eigenvalue weighted by Crippen LogP contribution is 2.30. The lowest BCUT2D eigenvalue weighted by atomic mass is 9.97. The van der Waals surface area contributed by atoms with Crippen molar-refractivity contribution < 1.29 is 22.3 Å². The zero-order valence-corrected chi connectivity index (χ0v) is 18.3. The quantitative estimate of drug-likeness (QED) is 0.634. The van der Waals surface area contributed by atoms with Crippen molar-refractivity contribution in [1.82, 2.24) is 19.6 Å². The average Bonchev–Trinajstić information content (AvgIpc) is 3.33. The molecule has 2 aromatic heterocycles. The Balaban J connectivity index is 1.44. The van der Waals surface area contributed by atoms with E-state index in [9.17, 15) is 13.2 Å². The van der Waals surface area contributed by atoms with E-state index >= 15 is 0 Å². The fourth-order valence-electron chi connectivity index (χ4n) is 3.76. The maximum Gasteiger partial charge on any atom is 0.248 e. The summed E-state index contributed by atoms with van der Waals surface area (Å²) in [5, 5.41) is 10.6. The van der Waals surface area contributed by atoms with Gasteiger partial charge in [-0.2, -0.15) is 9.29 Å². The van der Waals surface area contributed by atoms with Crippen molar-refractivity contribution in [1.29, 1.82) is 0 Å². The molecule has 1 aliphatic heterocycles. The van der Waals surface area contributed by atoms with Crippen molar-refractivity contribution in [3.63, 3.8) is 0 Å². The van der Waals surface area contributed by atoms with Crippen LogP contribution in [0.2, 0.25) is 0 Å². The van der Waals surface area contributed by atoms with Crippen LogP contribution in [0.4, 0.5) is 5.69 Å². The number of aryl methyl sites for hydroxylation is 3. The second-order valence-corrected chi connectivity index (χ2v) is 9.38. The zero-order valence-electron chi connectivity index (χ0n) is 17.5. The summed E-state index contributed by atoms with van der Waals surface area (Å²) in [7, 11) is -3.71. The van der Waals surface area contributed by atoms with Gasteiger partial charge in [-0.3, -0.25) is 4.79 Å². The summed E-state index contributed by atoms with van der Waals surface area (Å²) < 4.78 is 37.4. The Kier molecular flexibility index (Phi) is 5.63. The first kappa shape index (κ1) is 21.2. The topological polar surface area (TPSA) is 131 Å². The van der Waals surface area contributed by atoms with Crippen LogP contribution in [-0.4, -0.2) is 47.0 Å². The van der Waals surface area contributed by atoms with Gasteiger partial charge >= 0.3 is 0 Å². The van der Waals surface area contributed by atoms with Crippen LogP contribution in [0.5, 0.6) is 0 Å². The Morgan fingerprint density at radius 3 is 2.42 bits per heavy atom. The molecular formula is C20H23N5O5S. The van der Waals surface area contributed by atoms with Crippen LogP contribution >= 0.6 is 0 Å². The van der Waals surface area contributed by atoms with Crippen LogP contribution in [0.3, 0.4) is 0 Å². The molecule has 1 saturated heterocycles. The van der Waals surface area contributed by atoms with Gasteiger partial charge in [0.15, 0.2) is 5.76 Å². The lowest BCUT2D eigenvalue weighted by Gasteiger charge is -2.30. The summed E-state index contributed by atoms with van der Waals surface area (Å²) in [5.41, 5.74) is 1.58. The molecule has 0 aliphatic carbocycles. The molecule has 0 spiro atoms. The summed E-state index contributed by atoms with van der Waals surface area (Å²) in [4.78, 5) is 17.2. The van der Waals surface area contributed by atoms with Crippen LogP contribution in [-0.2, 0) is 14.8 Å². The molecule has 1 amide bonds. The highest BCUT2D eigenvalue weighted by Gasteiger charge is 2.35. The van der Waals surface area contributed by atoms with E-state index in [-0.39, 0.29) is 35.6 Å². The highest BCUT2D eigenvalue weighted by molar-refractivity contribution is 7.89. The molecule has 1 fully saturated rings. The number of hydrogen-bond acceptors (Lipinski definition) is 8. The Morgan fingerprint density at radius 1 is 1.10 bits per heavy atom. The lowest BCUT2D eigenvalue weighted by molar-refractivity contribution is -0.120. The van der Waals surface area contributed by atoms with E-state index < -0.39 is 10.0 Å². The van der Waals surface area contributed by atoms with Gasteiger partial charge in [-0.25, -0.2) is 8.42 Å². The van der Waals surface area contributed by atoms with Gasteiger partial charge in [0.1, 0.15) is 10.6 Å². The Hall–Kier alpha value is -3.05. The van der Waals surface area contributed by atoms with Gasteiger partial charge in [0.05, 0.1) is 5.69 Å². The minimum absolute atomic E-state index is 0.111. The number of sulfonamides is 1. The van der Waals surface area contributed by atoms with Crippen molar-refractivity contribution >= 4 is 21.6 Å². The average molecular weight is 446 g/mol. The Morgan fingerprint density at radius 2 is 1.81 bits per heavy atom. The third kappa shape index (κ3) is 4.10. The van der Waals surface area contributed by atoms with Gasteiger partial charge in [-0.1, -0.05) is 22.4 Å². The summed E-state index contributed by atoms with van der Waals surface area (Å²) in [5.74, 6) is 0.626. The van der Waals surface area contributed by atoms with E-state index in [1.54, 1.807) is 32.9 Å². The van der Waals surface area contributed by atoms with Crippen molar-refractivity contribution in [3.8, 4) is 11.4 Å². The highest BCUT2D eigenvalue weighted by atomic mass is 32.2.